The largest absolute Gasteiger partial charge is 0.262 e. The van der Waals surface area contributed by atoms with Crippen LogP contribution in [0.1, 0.15) is 40.0 Å². The van der Waals surface area contributed by atoms with Gasteiger partial charge in [-0.25, -0.2) is 0 Å². The summed E-state index contributed by atoms with van der Waals surface area (Å²) in [7, 11) is 0. The molecule has 0 radical (unpaired) electrons. The predicted molar refractivity (Wildman–Crippen MR) is 52.3 cm³/mol. The molecule has 1 saturated carbocycles. The van der Waals surface area contributed by atoms with Gasteiger partial charge in [0.1, 0.15) is 0 Å². The van der Waals surface area contributed by atoms with Crippen LogP contribution in [0.15, 0.2) is 16.3 Å². The molecule has 66 valence electrons. The van der Waals surface area contributed by atoms with E-state index >= 15 is 0 Å². The fraction of sp³-hybridized carbons (Fsp3) is 0.727. The van der Waals surface area contributed by atoms with Gasteiger partial charge in [-0.2, -0.15) is 0 Å². The summed E-state index contributed by atoms with van der Waals surface area (Å²) in [6, 6.07) is 0. The maximum atomic E-state index is 4.64. The van der Waals surface area contributed by atoms with E-state index in [2.05, 4.69) is 25.8 Å². The molecule has 0 aromatic heterocycles. The van der Waals surface area contributed by atoms with Crippen molar-refractivity contribution < 1.29 is 0 Å². The Kier molecular flexibility index (Phi) is 1.82. The fourth-order valence-corrected chi connectivity index (χ4v) is 2.13. The molecule has 12 heavy (non-hydrogen) atoms. The third-order valence-corrected chi connectivity index (χ3v) is 3.42. The van der Waals surface area contributed by atoms with Crippen LogP contribution in [0.2, 0.25) is 0 Å². The summed E-state index contributed by atoms with van der Waals surface area (Å²) in [4.78, 5) is 4.64. The highest BCUT2D eigenvalue weighted by molar-refractivity contribution is 5.92. The molecule has 2 unspecified atom stereocenters. The lowest BCUT2D eigenvalue weighted by Crippen LogP contribution is -2.30. The third kappa shape index (κ3) is 1.12. The maximum absolute atomic E-state index is 4.64. The van der Waals surface area contributed by atoms with E-state index < -0.39 is 0 Å². The van der Waals surface area contributed by atoms with E-state index in [-0.39, 0.29) is 0 Å². The van der Waals surface area contributed by atoms with Crippen molar-refractivity contribution in [1.82, 2.24) is 0 Å². The summed E-state index contributed by atoms with van der Waals surface area (Å²) in [6.07, 6.45) is 3.93. The molecule has 1 heteroatoms. The first-order valence-corrected chi connectivity index (χ1v) is 4.92. The Morgan fingerprint density at radius 1 is 1.25 bits per heavy atom. The first-order valence-electron chi connectivity index (χ1n) is 4.92. The van der Waals surface area contributed by atoms with Gasteiger partial charge < -0.3 is 0 Å². The van der Waals surface area contributed by atoms with Crippen molar-refractivity contribution in [2.24, 2.45) is 16.8 Å². The van der Waals surface area contributed by atoms with Crippen LogP contribution in [-0.2, 0) is 0 Å². The van der Waals surface area contributed by atoms with Crippen LogP contribution in [0.4, 0.5) is 0 Å². The minimum Gasteiger partial charge on any atom is -0.262 e. The molecular formula is C11H17N. The van der Waals surface area contributed by atoms with Gasteiger partial charge in [0.25, 0.3) is 0 Å². The Balaban J connectivity index is 2.06. The zero-order valence-electron chi connectivity index (χ0n) is 8.22. The van der Waals surface area contributed by atoms with E-state index in [1.807, 2.05) is 0 Å². The van der Waals surface area contributed by atoms with Crippen molar-refractivity contribution in [3.05, 3.63) is 11.3 Å². The number of rotatable bonds is 1. The van der Waals surface area contributed by atoms with E-state index in [9.17, 15) is 0 Å². The molecule has 0 amide bonds. The van der Waals surface area contributed by atoms with Gasteiger partial charge in [0.15, 0.2) is 0 Å². The lowest BCUT2D eigenvalue weighted by molar-refractivity contribution is 0.270. The van der Waals surface area contributed by atoms with E-state index in [0.29, 0.717) is 0 Å². The molecule has 2 rings (SSSR count). The molecule has 0 aromatic carbocycles. The van der Waals surface area contributed by atoms with Crippen LogP contribution in [0.25, 0.3) is 0 Å². The highest BCUT2D eigenvalue weighted by atomic mass is 14.8. The summed E-state index contributed by atoms with van der Waals surface area (Å²) in [5.74, 6) is 1.71. The topological polar surface area (TPSA) is 12.4 Å². The summed E-state index contributed by atoms with van der Waals surface area (Å²) in [5, 5.41) is 0. The molecule has 0 spiro atoms. The monoisotopic (exact) mass is 163 g/mol. The second-order valence-corrected chi connectivity index (χ2v) is 4.31. The molecule has 1 aliphatic carbocycles. The molecule has 0 aromatic rings. The Hall–Kier alpha value is -0.590. The third-order valence-electron chi connectivity index (χ3n) is 3.42. The summed E-state index contributed by atoms with van der Waals surface area (Å²) in [6.45, 7) is 6.68. The molecule has 0 saturated heterocycles. The SMILES string of the molecule is CC1=C(C)N=C(C2CCC2C)C1. The van der Waals surface area contributed by atoms with Crippen LogP contribution < -0.4 is 0 Å². The molecule has 1 fully saturated rings. The molecule has 2 aliphatic rings. The van der Waals surface area contributed by atoms with Crippen molar-refractivity contribution in [2.75, 3.05) is 0 Å². The van der Waals surface area contributed by atoms with Crippen LogP contribution >= 0.6 is 0 Å². The second kappa shape index (κ2) is 2.72. The van der Waals surface area contributed by atoms with Gasteiger partial charge in [0.2, 0.25) is 0 Å². The number of nitrogens with zero attached hydrogens (tertiary/aromatic N) is 1. The molecule has 0 bridgehead atoms. The van der Waals surface area contributed by atoms with Crippen molar-refractivity contribution in [2.45, 2.75) is 40.0 Å². The van der Waals surface area contributed by atoms with Gasteiger partial charge in [-0.05, 0) is 38.2 Å². The molecule has 1 heterocycles. The molecule has 1 nitrogen and oxygen atoms in total. The minimum atomic E-state index is 0.817. The Morgan fingerprint density at radius 2 is 2.00 bits per heavy atom. The minimum absolute atomic E-state index is 0.817. The number of allylic oxidation sites excluding steroid dienone is 2. The number of hydrogen-bond donors (Lipinski definition) is 0. The van der Waals surface area contributed by atoms with Gasteiger partial charge in [-0.1, -0.05) is 6.92 Å². The standard InChI is InChI=1S/C11H17N/c1-7-4-5-10(7)11-6-8(2)9(3)12-11/h7,10H,4-6H2,1-3H3. The van der Waals surface area contributed by atoms with Crippen LogP contribution in [0.5, 0.6) is 0 Å². The quantitative estimate of drug-likeness (QED) is 0.563. The van der Waals surface area contributed by atoms with Gasteiger partial charge in [-0.3, -0.25) is 4.99 Å². The first-order chi connectivity index (χ1) is 5.68. The Labute approximate surface area is 74.6 Å². The van der Waals surface area contributed by atoms with Crippen LogP contribution in [-0.4, -0.2) is 5.71 Å². The Morgan fingerprint density at radius 3 is 2.33 bits per heavy atom. The average molecular weight is 163 g/mol. The molecule has 1 aliphatic heterocycles. The van der Waals surface area contributed by atoms with Crippen LogP contribution in [0.3, 0.4) is 0 Å². The van der Waals surface area contributed by atoms with E-state index in [4.69, 9.17) is 0 Å². The molecule has 2 atom stereocenters. The lowest BCUT2D eigenvalue weighted by atomic mass is 9.71. The Bertz CT molecular complexity index is 260. The van der Waals surface area contributed by atoms with Crippen LogP contribution in [0, 0.1) is 11.8 Å². The smallest absolute Gasteiger partial charge is 0.0365 e. The molecule has 0 N–H and O–H groups in total. The zero-order chi connectivity index (χ0) is 8.72. The normalized spacial score (nSPS) is 35.1. The summed E-state index contributed by atoms with van der Waals surface area (Å²) >= 11 is 0. The highest BCUT2D eigenvalue weighted by Gasteiger charge is 2.32. The fourth-order valence-electron chi connectivity index (χ4n) is 2.13. The van der Waals surface area contributed by atoms with Crippen molar-refractivity contribution >= 4 is 5.71 Å². The lowest BCUT2D eigenvalue weighted by Gasteiger charge is -2.34. The first kappa shape index (κ1) is 8.03. The van der Waals surface area contributed by atoms with Crippen molar-refractivity contribution in [3.63, 3.8) is 0 Å². The number of aliphatic imine (C=N–C) groups is 1. The van der Waals surface area contributed by atoms with E-state index in [1.165, 1.54) is 29.8 Å². The van der Waals surface area contributed by atoms with Gasteiger partial charge in [0.05, 0.1) is 0 Å². The predicted octanol–water partition coefficient (Wildman–Crippen LogP) is 3.17. The average Bonchev–Trinajstić information content (AvgIpc) is 2.29. The van der Waals surface area contributed by atoms with Crippen molar-refractivity contribution in [1.29, 1.82) is 0 Å². The van der Waals surface area contributed by atoms with Gasteiger partial charge in [0, 0.05) is 23.7 Å². The van der Waals surface area contributed by atoms with Gasteiger partial charge >= 0.3 is 0 Å². The number of hydrogen-bond acceptors (Lipinski definition) is 1. The summed E-state index contributed by atoms with van der Waals surface area (Å²) in [5.41, 5.74) is 4.21. The van der Waals surface area contributed by atoms with Gasteiger partial charge in [-0.15, -0.1) is 0 Å². The second-order valence-electron chi connectivity index (χ2n) is 4.31. The van der Waals surface area contributed by atoms with E-state index in [0.717, 1.165) is 18.3 Å². The van der Waals surface area contributed by atoms with E-state index in [1.54, 1.807) is 0 Å². The summed E-state index contributed by atoms with van der Waals surface area (Å²) < 4.78 is 0. The van der Waals surface area contributed by atoms with Crippen molar-refractivity contribution in [3.8, 4) is 0 Å². The highest BCUT2D eigenvalue weighted by Crippen LogP contribution is 2.38. The molecular weight excluding hydrogens is 146 g/mol. The maximum Gasteiger partial charge on any atom is 0.0365 e. The zero-order valence-corrected chi connectivity index (χ0v) is 8.22.